The molecule has 30 heavy (non-hydrogen) atoms. The largest absolute Gasteiger partial charge is 0.492 e. The molecule has 2 heterocycles. The Labute approximate surface area is 179 Å². The quantitative estimate of drug-likeness (QED) is 0.623. The van der Waals surface area contributed by atoms with E-state index in [-0.39, 0.29) is 17.6 Å². The van der Waals surface area contributed by atoms with Gasteiger partial charge in [-0.25, -0.2) is 4.99 Å². The minimum Gasteiger partial charge on any atom is -0.492 e. The fourth-order valence-electron chi connectivity index (χ4n) is 3.39. The molecule has 1 aliphatic heterocycles. The molecule has 1 amide bonds. The predicted octanol–water partition coefficient (Wildman–Crippen LogP) is 4.63. The molecule has 2 aromatic carbocycles. The highest BCUT2D eigenvalue weighted by molar-refractivity contribution is 6.31. The van der Waals surface area contributed by atoms with Crippen LogP contribution >= 0.6 is 11.6 Å². The van der Waals surface area contributed by atoms with Gasteiger partial charge in [-0.3, -0.25) is 4.79 Å². The Balaban J connectivity index is 1.77. The number of hydrogen-bond acceptors (Lipinski definition) is 5. The Morgan fingerprint density at radius 3 is 2.93 bits per heavy atom. The Morgan fingerprint density at radius 1 is 1.27 bits per heavy atom. The molecule has 0 spiro atoms. The van der Waals surface area contributed by atoms with E-state index in [1.54, 1.807) is 24.3 Å². The number of rotatable bonds is 6. The number of ether oxygens (including phenoxy) is 2. The van der Waals surface area contributed by atoms with Crippen molar-refractivity contribution in [1.82, 2.24) is 5.32 Å². The van der Waals surface area contributed by atoms with Crippen LogP contribution in [0.25, 0.3) is 11.0 Å². The summed E-state index contributed by atoms with van der Waals surface area (Å²) in [7, 11) is 0. The zero-order valence-electron chi connectivity index (χ0n) is 16.7. The third-order valence-corrected chi connectivity index (χ3v) is 5.09. The van der Waals surface area contributed by atoms with Crippen LogP contribution in [-0.2, 0) is 4.74 Å². The van der Waals surface area contributed by atoms with E-state index < -0.39 is 0 Å². The third-order valence-electron chi connectivity index (χ3n) is 4.85. The average molecular weight is 427 g/mol. The zero-order chi connectivity index (χ0) is 20.9. The number of para-hydroxylation sites is 2. The molecular formula is C23H23ClN2O4. The minimum absolute atomic E-state index is 0.0415. The Kier molecular flexibility index (Phi) is 6.35. The van der Waals surface area contributed by atoms with Crippen molar-refractivity contribution >= 4 is 34.2 Å². The van der Waals surface area contributed by atoms with E-state index in [0.717, 1.165) is 24.8 Å². The van der Waals surface area contributed by atoms with E-state index in [9.17, 15) is 4.79 Å². The van der Waals surface area contributed by atoms with Gasteiger partial charge in [0.2, 0.25) is 5.55 Å². The number of fused-ring (bicyclic) bond motifs is 1. The summed E-state index contributed by atoms with van der Waals surface area (Å²) in [4.78, 5) is 17.6. The topological polar surface area (TPSA) is 73.1 Å². The first-order chi connectivity index (χ1) is 14.6. The van der Waals surface area contributed by atoms with Crippen LogP contribution in [0.1, 0.15) is 30.1 Å². The van der Waals surface area contributed by atoms with Crippen molar-refractivity contribution in [3.63, 3.8) is 0 Å². The summed E-state index contributed by atoms with van der Waals surface area (Å²) in [6.07, 6.45) is 2.00. The smallest absolute Gasteiger partial charge is 0.256 e. The van der Waals surface area contributed by atoms with Crippen molar-refractivity contribution in [3.8, 4) is 5.75 Å². The normalized spacial score (nSPS) is 16.7. The van der Waals surface area contributed by atoms with Gasteiger partial charge in [0.1, 0.15) is 22.6 Å². The molecule has 156 valence electrons. The van der Waals surface area contributed by atoms with Gasteiger partial charge < -0.3 is 19.2 Å². The molecule has 1 aromatic heterocycles. The van der Waals surface area contributed by atoms with Gasteiger partial charge in [-0.1, -0.05) is 23.7 Å². The molecule has 0 radical (unpaired) electrons. The zero-order valence-corrected chi connectivity index (χ0v) is 17.4. The molecule has 4 rings (SSSR count). The van der Waals surface area contributed by atoms with Gasteiger partial charge >= 0.3 is 0 Å². The lowest BCUT2D eigenvalue weighted by Crippen LogP contribution is -2.34. The second-order valence-corrected chi connectivity index (χ2v) is 7.44. The van der Waals surface area contributed by atoms with Gasteiger partial charge in [-0.05, 0) is 56.2 Å². The van der Waals surface area contributed by atoms with E-state index in [1.165, 1.54) is 0 Å². The molecule has 0 unspecified atom stereocenters. The first-order valence-corrected chi connectivity index (χ1v) is 10.4. The summed E-state index contributed by atoms with van der Waals surface area (Å²) in [6, 6.07) is 14.4. The van der Waals surface area contributed by atoms with Crippen LogP contribution in [0.2, 0.25) is 5.02 Å². The Bertz CT molecular complexity index is 1120. The summed E-state index contributed by atoms with van der Waals surface area (Å²) in [5.74, 6) is 0.348. The summed E-state index contributed by atoms with van der Waals surface area (Å²) in [5.41, 5.74) is 1.71. The number of nitrogens with zero attached hydrogens (tertiary/aromatic N) is 1. The number of halogens is 1. The number of hydrogen-bond donors (Lipinski definition) is 1. The second-order valence-electron chi connectivity index (χ2n) is 7.00. The minimum atomic E-state index is -0.274. The van der Waals surface area contributed by atoms with E-state index in [2.05, 4.69) is 10.3 Å². The molecular weight excluding hydrogens is 404 g/mol. The molecule has 0 bridgehead atoms. The van der Waals surface area contributed by atoms with Crippen molar-refractivity contribution in [2.24, 2.45) is 4.99 Å². The van der Waals surface area contributed by atoms with Crippen molar-refractivity contribution in [2.45, 2.75) is 25.9 Å². The predicted molar refractivity (Wildman–Crippen MR) is 115 cm³/mol. The van der Waals surface area contributed by atoms with Crippen LogP contribution in [0.4, 0.5) is 5.69 Å². The highest BCUT2D eigenvalue weighted by atomic mass is 35.5. The molecule has 1 fully saturated rings. The van der Waals surface area contributed by atoms with Crippen LogP contribution in [0.5, 0.6) is 5.75 Å². The number of benzene rings is 2. The first kappa shape index (κ1) is 20.4. The lowest BCUT2D eigenvalue weighted by Gasteiger charge is -2.11. The van der Waals surface area contributed by atoms with Gasteiger partial charge in [0.15, 0.2) is 0 Å². The number of nitrogens with one attached hydrogen (secondary N) is 1. The summed E-state index contributed by atoms with van der Waals surface area (Å²) in [6.45, 7) is 3.60. The van der Waals surface area contributed by atoms with Crippen LogP contribution in [0, 0.1) is 0 Å². The van der Waals surface area contributed by atoms with E-state index >= 15 is 0 Å². The monoisotopic (exact) mass is 426 g/mol. The maximum atomic E-state index is 13.0. The molecule has 0 saturated carbocycles. The van der Waals surface area contributed by atoms with Gasteiger partial charge in [-0.2, -0.15) is 0 Å². The number of carbonyl (C=O) groups excluding carboxylic acids is 1. The van der Waals surface area contributed by atoms with Crippen LogP contribution in [0.15, 0.2) is 57.9 Å². The fourth-order valence-corrected chi connectivity index (χ4v) is 3.57. The standard InChI is InChI=1S/C23H23ClN2O4/c1-2-28-21-8-4-3-7-19(21)26-23-18(22(27)25-14-17-6-5-11-29-17)13-15-12-16(24)9-10-20(15)30-23/h3-4,7-10,12-13,17H,2,5-6,11,14H2,1H3,(H,25,27)/t17-/m0/s1. The molecule has 1 atom stereocenters. The van der Waals surface area contributed by atoms with E-state index in [4.69, 9.17) is 25.5 Å². The molecule has 1 aliphatic rings. The van der Waals surface area contributed by atoms with Gasteiger partial charge in [0.05, 0.1) is 12.7 Å². The molecule has 3 aromatic rings. The van der Waals surface area contributed by atoms with Crippen LogP contribution < -0.4 is 15.6 Å². The SMILES string of the molecule is CCOc1ccccc1N=c1oc2ccc(Cl)cc2cc1C(=O)NC[C@@H]1CCCO1. The summed E-state index contributed by atoms with van der Waals surface area (Å²) >= 11 is 6.12. The van der Waals surface area contributed by atoms with Gasteiger partial charge in [0, 0.05) is 23.6 Å². The molecule has 0 aliphatic carbocycles. The van der Waals surface area contributed by atoms with Crippen molar-refractivity contribution < 1.29 is 18.7 Å². The summed E-state index contributed by atoms with van der Waals surface area (Å²) in [5, 5.41) is 4.23. The van der Waals surface area contributed by atoms with Gasteiger partial charge in [-0.15, -0.1) is 0 Å². The average Bonchev–Trinajstić information content (AvgIpc) is 3.27. The molecule has 1 saturated heterocycles. The number of carbonyl (C=O) groups is 1. The Morgan fingerprint density at radius 2 is 2.13 bits per heavy atom. The van der Waals surface area contributed by atoms with Crippen LogP contribution in [-0.4, -0.2) is 31.8 Å². The number of amides is 1. The maximum Gasteiger partial charge on any atom is 0.256 e. The third kappa shape index (κ3) is 4.66. The highest BCUT2D eigenvalue weighted by Crippen LogP contribution is 2.27. The van der Waals surface area contributed by atoms with Crippen molar-refractivity contribution in [2.75, 3.05) is 19.8 Å². The lowest BCUT2D eigenvalue weighted by molar-refractivity contribution is 0.0854. The van der Waals surface area contributed by atoms with E-state index in [1.807, 2.05) is 31.2 Å². The van der Waals surface area contributed by atoms with Crippen molar-refractivity contribution in [3.05, 3.63) is 64.7 Å². The van der Waals surface area contributed by atoms with Gasteiger partial charge in [0.25, 0.3) is 5.91 Å². The molecule has 6 nitrogen and oxygen atoms in total. The summed E-state index contributed by atoms with van der Waals surface area (Å²) < 4.78 is 17.3. The van der Waals surface area contributed by atoms with Crippen LogP contribution in [0.3, 0.4) is 0 Å². The lowest BCUT2D eigenvalue weighted by atomic mass is 10.1. The van der Waals surface area contributed by atoms with E-state index in [0.29, 0.717) is 40.8 Å². The molecule has 7 heteroatoms. The van der Waals surface area contributed by atoms with Crippen molar-refractivity contribution in [1.29, 1.82) is 0 Å². The maximum absolute atomic E-state index is 13.0. The second kappa shape index (κ2) is 9.32. The Hall–Kier alpha value is -2.83. The fraction of sp³-hybridized carbons (Fsp3) is 0.304. The highest BCUT2D eigenvalue weighted by Gasteiger charge is 2.19. The molecule has 1 N–H and O–H groups in total. The first-order valence-electron chi connectivity index (χ1n) is 10.0.